The van der Waals surface area contributed by atoms with E-state index in [1.165, 1.54) is 25.7 Å². The molecule has 0 aliphatic heterocycles. The smallest absolute Gasteiger partial charge is 0.319 e. The van der Waals surface area contributed by atoms with Crippen molar-refractivity contribution in [1.82, 2.24) is 5.32 Å². The van der Waals surface area contributed by atoms with E-state index in [2.05, 4.69) is 26.1 Å². The number of hydrogen-bond acceptors (Lipinski definition) is 3. The summed E-state index contributed by atoms with van der Waals surface area (Å²) in [5, 5.41) is 3.15. The molecule has 0 aromatic rings. The minimum absolute atomic E-state index is 0.108. The number of esters is 1. The summed E-state index contributed by atoms with van der Waals surface area (Å²) >= 11 is 0. The second-order valence-corrected chi connectivity index (χ2v) is 5.51. The van der Waals surface area contributed by atoms with Gasteiger partial charge in [-0.15, -0.1) is 0 Å². The van der Waals surface area contributed by atoms with Gasteiger partial charge in [-0.1, -0.05) is 26.7 Å². The summed E-state index contributed by atoms with van der Waals surface area (Å²) in [6.07, 6.45) is 6.09. The molecule has 1 aliphatic carbocycles. The van der Waals surface area contributed by atoms with Gasteiger partial charge in [-0.05, 0) is 38.0 Å². The zero-order valence-corrected chi connectivity index (χ0v) is 11.5. The molecule has 0 bridgehead atoms. The second-order valence-electron chi connectivity index (χ2n) is 5.51. The quantitative estimate of drug-likeness (QED) is 0.727. The summed E-state index contributed by atoms with van der Waals surface area (Å²) in [5.41, 5.74) is 0. The van der Waals surface area contributed by atoms with Crippen LogP contribution < -0.4 is 5.32 Å². The van der Waals surface area contributed by atoms with Crippen molar-refractivity contribution in [3.05, 3.63) is 0 Å². The van der Waals surface area contributed by atoms with E-state index < -0.39 is 0 Å². The standard InChI is InChI=1S/C14H27NO2/c1-4-12(3)15-9-14(16)17-10-13-7-5-6-11(2)8-13/h11-13,15H,4-10H2,1-3H3. The maximum Gasteiger partial charge on any atom is 0.319 e. The molecule has 1 saturated carbocycles. The lowest BCUT2D eigenvalue weighted by Gasteiger charge is -2.26. The highest BCUT2D eigenvalue weighted by atomic mass is 16.5. The van der Waals surface area contributed by atoms with E-state index in [0.717, 1.165) is 12.3 Å². The van der Waals surface area contributed by atoms with Crippen LogP contribution in [-0.4, -0.2) is 25.2 Å². The van der Waals surface area contributed by atoms with Crippen LogP contribution in [0.5, 0.6) is 0 Å². The maximum absolute atomic E-state index is 11.5. The lowest BCUT2D eigenvalue weighted by molar-refractivity contribution is -0.144. The first-order valence-corrected chi connectivity index (χ1v) is 7.00. The van der Waals surface area contributed by atoms with Crippen LogP contribution in [0.2, 0.25) is 0 Å². The number of carbonyl (C=O) groups is 1. The highest BCUT2D eigenvalue weighted by Crippen LogP contribution is 2.28. The lowest BCUT2D eigenvalue weighted by atomic mass is 9.83. The Morgan fingerprint density at radius 2 is 2.24 bits per heavy atom. The number of ether oxygens (including phenoxy) is 1. The van der Waals surface area contributed by atoms with Crippen LogP contribution in [0.25, 0.3) is 0 Å². The van der Waals surface area contributed by atoms with Crippen LogP contribution in [-0.2, 0) is 9.53 Å². The van der Waals surface area contributed by atoms with Crippen molar-refractivity contribution in [3.63, 3.8) is 0 Å². The van der Waals surface area contributed by atoms with E-state index in [-0.39, 0.29) is 5.97 Å². The van der Waals surface area contributed by atoms with Crippen molar-refractivity contribution in [2.24, 2.45) is 11.8 Å². The van der Waals surface area contributed by atoms with E-state index in [1.54, 1.807) is 0 Å². The van der Waals surface area contributed by atoms with E-state index in [9.17, 15) is 4.79 Å². The number of rotatable bonds is 6. The number of nitrogens with one attached hydrogen (secondary N) is 1. The number of hydrogen-bond donors (Lipinski definition) is 1. The largest absolute Gasteiger partial charge is 0.464 e. The van der Waals surface area contributed by atoms with Crippen molar-refractivity contribution in [2.45, 2.75) is 58.9 Å². The third kappa shape index (κ3) is 6.06. The first kappa shape index (κ1) is 14.5. The fourth-order valence-electron chi connectivity index (χ4n) is 2.37. The molecule has 3 heteroatoms. The first-order valence-electron chi connectivity index (χ1n) is 7.00. The summed E-state index contributed by atoms with van der Waals surface area (Å²) in [4.78, 5) is 11.5. The van der Waals surface area contributed by atoms with E-state index in [1.807, 2.05) is 0 Å². The van der Waals surface area contributed by atoms with Crippen LogP contribution in [0.4, 0.5) is 0 Å². The Kier molecular flexibility index (Phi) is 6.56. The van der Waals surface area contributed by atoms with Gasteiger partial charge in [0.15, 0.2) is 0 Å². The topological polar surface area (TPSA) is 38.3 Å². The molecule has 17 heavy (non-hydrogen) atoms. The predicted molar refractivity (Wildman–Crippen MR) is 69.8 cm³/mol. The summed E-state index contributed by atoms with van der Waals surface area (Å²) in [6, 6.07) is 0.386. The van der Waals surface area contributed by atoms with E-state index >= 15 is 0 Å². The molecule has 1 rings (SSSR count). The monoisotopic (exact) mass is 241 g/mol. The molecule has 3 unspecified atom stereocenters. The third-order valence-electron chi connectivity index (χ3n) is 3.73. The molecule has 1 aliphatic rings. The van der Waals surface area contributed by atoms with Gasteiger partial charge < -0.3 is 10.1 Å². The lowest BCUT2D eigenvalue weighted by Crippen LogP contribution is -2.32. The fraction of sp³-hybridized carbons (Fsp3) is 0.929. The van der Waals surface area contributed by atoms with Crippen LogP contribution in [0.1, 0.15) is 52.9 Å². The average Bonchev–Trinajstić information content (AvgIpc) is 2.33. The molecule has 0 radical (unpaired) electrons. The molecule has 100 valence electrons. The summed E-state index contributed by atoms with van der Waals surface area (Å²) in [7, 11) is 0. The van der Waals surface area contributed by atoms with Crippen molar-refractivity contribution in [1.29, 1.82) is 0 Å². The van der Waals surface area contributed by atoms with Crippen molar-refractivity contribution in [2.75, 3.05) is 13.2 Å². The van der Waals surface area contributed by atoms with Crippen LogP contribution in [0.3, 0.4) is 0 Å². The molecule has 3 nitrogen and oxygen atoms in total. The Balaban J connectivity index is 2.10. The van der Waals surface area contributed by atoms with Crippen molar-refractivity contribution >= 4 is 5.97 Å². The van der Waals surface area contributed by atoms with Gasteiger partial charge in [-0.3, -0.25) is 4.79 Å². The molecule has 1 fully saturated rings. The average molecular weight is 241 g/mol. The summed E-state index contributed by atoms with van der Waals surface area (Å²) in [6.45, 7) is 7.43. The van der Waals surface area contributed by atoms with Gasteiger partial charge in [0.2, 0.25) is 0 Å². The minimum Gasteiger partial charge on any atom is -0.464 e. The Hall–Kier alpha value is -0.570. The fourth-order valence-corrected chi connectivity index (χ4v) is 2.37. The molecule has 0 heterocycles. The second kappa shape index (κ2) is 7.70. The van der Waals surface area contributed by atoms with Gasteiger partial charge >= 0.3 is 5.97 Å². The van der Waals surface area contributed by atoms with Crippen LogP contribution in [0, 0.1) is 11.8 Å². The molecule has 3 atom stereocenters. The Morgan fingerprint density at radius 1 is 1.47 bits per heavy atom. The van der Waals surface area contributed by atoms with Gasteiger partial charge in [0.05, 0.1) is 13.2 Å². The zero-order valence-electron chi connectivity index (χ0n) is 11.5. The van der Waals surface area contributed by atoms with Crippen molar-refractivity contribution in [3.8, 4) is 0 Å². The predicted octanol–water partition coefficient (Wildman–Crippen LogP) is 2.74. The van der Waals surface area contributed by atoms with Crippen LogP contribution >= 0.6 is 0 Å². The Bertz CT molecular complexity index is 230. The summed E-state index contributed by atoms with van der Waals surface area (Å²) < 4.78 is 5.32. The molecule has 0 spiro atoms. The van der Waals surface area contributed by atoms with E-state index in [4.69, 9.17) is 4.74 Å². The first-order chi connectivity index (χ1) is 8.11. The van der Waals surface area contributed by atoms with Gasteiger partial charge in [0.25, 0.3) is 0 Å². The number of carbonyl (C=O) groups excluding carboxylic acids is 1. The Labute approximate surface area is 105 Å². The third-order valence-corrected chi connectivity index (χ3v) is 3.73. The van der Waals surface area contributed by atoms with Crippen LogP contribution in [0.15, 0.2) is 0 Å². The van der Waals surface area contributed by atoms with Gasteiger partial charge in [0.1, 0.15) is 0 Å². The highest BCUT2D eigenvalue weighted by Gasteiger charge is 2.20. The molecule has 0 aromatic carbocycles. The van der Waals surface area contributed by atoms with Gasteiger partial charge in [-0.2, -0.15) is 0 Å². The Morgan fingerprint density at radius 3 is 2.88 bits per heavy atom. The van der Waals surface area contributed by atoms with Gasteiger partial charge in [-0.25, -0.2) is 0 Å². The molecule has 0 saturated heterocycles. The molecule has 0 aromatic heterocycles. The normalized spacial score (nSPS) is 26.5. The summed E-state index contributed by atoms with van der Waals surface area (Å²) in [5.74, 6) is 1.28. The molecular formula is C14H27NO2. The molecule has 0 amide bonds. The van der Waals surface area contributed by atoms with Crippen molar-refractivity contribution < 1.29 is 9.53 Å². The minimum atomic E-state index is -0.108. The van der Waals surface area contributed by atoms with E-state index in [0.29, 0.717) is 25.1 Å². The molecule has 1 N–H and O–H groups in total. The highest BCUT2D eigenvalue weighted by molar-refractivity contribution is 5.71. The van der Waals surface area contributed by atoms with Gasteiger partial charge in [0, 0.05) is 6.04 Å². The molecular weight excluding hydrogens is 214 g/mol. The SMILES string of the molecule is CCC(C)NCC(=O)OCC1CCCC(C)C1. The maximum atomic E-state index is 11.5. The zero-order chi connectivity index (χ0) is 12.7.